The van der Waals surface area contributed by atoms with Crippen LogP contribution in [0.15, 0.2) is 71.4 Å². The second-order valence-electron chi connectivity index (χ2n) is 8.27. The van der Waals surface area contributed by atoms with Gasteiger partial charge in [-0.15, -0.1) is 11.3 Å². The van der Waals surface area contributed by atoms with Gasteiger partial charge in [-0.3, -0.25) is 19.2 Å². The standard InChI is InChI=1S/C24H28ClN7O2S/c1-29-10-12-30(13-11-29)20-14-18(31-9-3-2-4-23(31)33)5-6-19(20)32(27)16-17(26)15-28-24(34)21-7-8-22(25)35-21/h2-9,14,16H,10-13,15,26-27H2,1H3,(H,28,34)/b17-16-. The van der Waals surface area contributed by atoms with Crippen molar-refractivity contribution in [1.82, 2.24) is 14.8 Å². The number of anilines is 2. The van der Waals surface area contributed by atoms with Gasteiger partial charge in [-0.2, -0.15) is 0 Å². The van der Waals surface area contributed by atoms with Crippen molar-refractivity contribution >= 4 is 40.2 Å². The maximum absolute atomic E-state index is 12.4. The van der Waals surface area contributed by atoms with Crippen molar-refractivity contribution in [2.75, 3.05) is 49.7 Å². The van der Waals surface area contributed by atoms with Crippen molar-refractivity contribution in [2.45, 2.75) is 0 Å². The van der Waals surface area contributed by atoms with Gasteiger partial charge < -0.3 is 20.9 Å². The Morgan fingerprint density at radius 2 is 1.94 bits per heavy atom. The molecule has 9 nitrogen and oxygen atoms in total. The molecule has 1 fully saturated rings. The largest absolute Gasteiger partial charge is 0.399 e. The second kappa shape index (κ2) is 11.0. The van der Waals surface area contributed by atoms with E-state index in [1.165, 1.54) is 22.4 Å². The molecule has 5 N–H and O–H groups in total. The molecule has 0 unspecified atom stereocenters. The minimum Gasteiger partial charge on any atom is -0.399 e. The molecule has 1 aliphatic heterocycles. The van der Waals surface area contributed by atoms with Crippen LogP contribution in [0.2, 0.25) is 4.34 Å². The van der Waals surface area contributed by atoms with Crippen LogP contribution in [0.25, 0.3) is 5.69 Å². The molecule has 11 heteroatoms. The molecule has 4 rings (SSSR count). The molecule has 0 aliphatic carbocycles. The monoisotopic (exact) mass is 513 g/mol. The molecular weight excluding hydrogens is 486 g/mol. The molecule has 1 aliphatic rings. The van der Waals surface area contributed by atoms with Gasteiger partial charge in [-0.25, -0.2) is 5.84 Å². The topological polar surface area (TPSA) is 113 Å². The molecule has 0 radical (unpaired) electrons. The number of nitrogens with one attached hydrogen (secondary N) is 1. The highest BCUT2D eigenvalue weighted by Gasteiger charge is 2.20. The number of likely N-dealkylation sites (N-methyl/N-ethyl adjacent to an activating group) is 1. The summed E-state index contributed by atoms with van der Waals surface area (Å²) in [6.07, 6.45) is 3.33. The Morgan fingerprint density at radius 3 is 2.63 bits per heavy atom. The van der Waals surface area contributed by atoms with Gasteiger partial charge in [-0.05, 0) is 43.4 Å². The van der Waals surface area contributed by atoms with E-state index in [1.807, 2.05) is 24.3 Å². The quantitative estimate of drug-likeness (QED) is 0.328. The van der Waals surface area contributed by atoms with Gasteiger partial charge >= 0.3 is 0 Å². The first kappa shape index (κ1) is 24.8. The third kappa shape index (κ3) is 6.04. The van der Waals surface area contributed by atoms with Gasteiger partial charge in [-0.1, -0.05) is 17.7 Å². The summed E-state index contributed by atoms with van der Waals surface area (Å²) in [5.41, 5.74) is 8.83. The molecule has 1 amide bonds. The number of amides is 1. The molecule has 0 bridgehead atoms. The number of hydrazine groups is 1. The minimum atomic E-state index is -0.252. The third-order valence-corrected chi connectivity index (χ3v) is 6.97. The molecule has 184 valence electrons. The van der Waals surface area contributed by atoms with Crippen LogP contribution in [0, 0.1) is 0 Å². The van der Waals surface area contributed by atoms with Gasteiger partial charge in [0.05, 0.1) is 32.8 Å². The highest BCUT2D eigenvalue weighted by molar-refractivity contribution is 7.18. The lowest BCUT2D eigenvalue weighted by atomic mass is 10.1. The van der Waals surface area contributed by atoms with E-state index in [0.717, 1.165) is 43.2 Å². The number of benzene rings is 1. The van der Waals surface area contributed by atoms with Crippen molar-refractivity contribution in [3.8, 4) is 5.69 Å². The fourth-order valence-electron chi connectivity index (χ4n) is 3.82. The van der Waals surface area contributed by atoms with Gasteiger partial charge in [0, 0.05) is 50.3 Å². The number of aromatic nitrogens is 1. The number of halogens is 1. The summed E-state index contributed by atoms with van der Waals surface area (Å²) in [4.78, 5) is 29.7. The van der Waals surface area contributed by atoms with E-state index in [4.69, 9.17) is 23.2 Å². The van der Waals surface area contributed by atoms with Crippen molar-refractivity contribution in [3.05, 3.63) is 86.2 Å². The lowest BCUT2D eigenvalue weighted by Gasteiger charge is -2.36. The number of hydrogen-bond acceptors (Lipinski definition) is 8. The highest BCUT2D eigenvalue weighted by Crippen LogP contribution is 2.31. The first-order valence-electron chi connectivity index (χ1n) is 11.1. The normalized spacial score (nSPS) is 14.7. The Labute approximate surface area is 212 Å². The van der Waals surface area contributed by atoms with E-state index in [9.17, 15) is 9.59 Å². The number of nitrogens with zero attached hydrogens (tertiary/aromatic N) is 4. The van der Waals surface area contributed by atoms with Crippen LogP contribution in [0.3, 0.4) is 0 Å². The summed E-state index contributed by atoms with van der Waals surface area (Å²) < 4.78 is 2.14. The number of pyridine rings is 1. The van der Waals surface area contributed by atoms with Crippen molar-refractivity contribution < 1.29 is 4.79 Å². The molecule has 0 atom stereocenters. The minimum absolute atomic E-state index is 0.110. The number of hydrogen-bond donors (Lipinski definition) is 3. The number of thiophene rings is 1. The predicted octanol–water partition coefficient (Wildman–Crippen LogP) is 2.21. The van der Waals surface area contributed by atoms with E-state index in [0.29, 0.717) is 14.9 Å². The zero-order chi connectivity index (χ0) is 24.9. The fraction of sp³-hybridized carbons (Fsp3) is 0.250. The molecule has 0 spiro atoms. The number of rotatable bonds is 7. The van der Waals surface area contributed by atoms with Crippen molar-refractivity contribution in [2.24, 2.45) is 11.6 Å². The van der Waals surface area contributed by atoms with Gasteiger partial charge in [0.1, 0.15) is 0 Å². The van der Waals surface area contributed by atoms with Crippen LogP contribution >= 0.6 is 22.9 Å². The van der Waals surface area contributed by atoms with Crippen LogP contribution in [-0.4, -0.2) is 55.1 Å². The number of carbonyl (C=O) groups is 1. The second-order valence-corrected chi connectivity index (χ2v) is 9.99. The average Bonchev–Trinajstić information content (AvgIpc) is 3.29. The van der Waals surface area contributed by atoms with E-state index >= 15 is 0 Å². The lowest BCUT2D eigenvalue weighted by molar-refractivity contribution is 0.0961. The number of nitrogens with two attached hydrogens (primary N) is 2. The Hall–Kier alpha value is -3.31. The van der Waals surface area contributed by atoms with E-state index in [1.54, 1.807) is 35.2 Å². The highest BCUT2D eigenvalue weighted by atomic mass is 35.5. The maximum atomic E-state index is 12.4. The molecule has 2 aromatic heterocycles. The lowest BCUT2D eigenvalue weighted by Crippen LogP contribution is -2.45. The van der Waals surface area contributed by atoms with Gasteiger partial charge in [0.2, 0.25) is 0 Å². The summed E-state index contributed by atoms with van der Waals surface area (Å²) in [5, 5.41) is 4.22. The third-order valence-electron chi connectivity index (χ3n) is 5.74. The summed E-state index contributed by atoms with van der Waals surface area (Å²) in [7, 11) is 2.09. The Bertz CT molecular complexity index is 1280. The molecular formula is C24H28ClN7O2S. The Morgan fingerprint density at radius 1 is 1.17 bits per heavy atom. The van der Waals surface area contributed by atoms with Gasteiger partial charge in [0.15, 0.2) is 0 Å². The van der Waals surface area contributed by atoms with Crippen LogP contribution < -0.4 is 32.4 Å². The summed E-state index contributed by atoms with van der Waals surface area (Å²) in [6.45, 7) is 3.60. The molecule has 3 heterocycles. The zero-order valence-electron chi connectivity index (χ0n) is 19.4. The Kier molecular flexibility index (Phi) is 7.76. The van der Waals surface area contributed by atoms with Crippen LogP contribution in [0.5, 0.6) is 0 Å². The SMILES string of the molecule is CN1CCN(c2cc(-n3ccccc3=O)ccc2N(N)/C=C(\N)CNC(=O)c2ccc(Cl)s2)CC1. The van der Waals surface area contributed by atoms with E-state index in [2.05, 4.69) is 22.2 Å². The van der Waals surface area contributed by atoms with E-state index < -0.39 is 0 Å². The predicted molar refractivity (Wildman–Crippen MR) is 142 cm³/mol. The maximum Gasteiger partial charge on any atom is 0.261 e. The average molecular weight is 514 g/mol. The van der Waals surface area contributed by atoms with Crippen LogP contribution in [0.4, 0.5) is 11.4 Å². The fourth-order valence-corrected chi connectivity index (χ4v) is 4.78. The summed E-state index contributed by atoms with van der Waals surface area (Å²) in [5.74, 6) is 6.16. The number of carbonyl (C=O) groups excluding carboxylic acids is 1. The van der Waals surface area contributed by atoms with E-state index in [-0.39, 0.29) is 18.0 Å². The molecule has 0 saturated carbocycles. The van der Waals surface area contributed by atoms with Crippen molar-refractivity contribution in [1.29, 1.82) is 0 Å². The van der Waals surface area contributed by atoms with Crippen molar-refractivity contribution in [3.63, 3.8) is 0 Å². The smallest absolute Gasteiger partial charge is 0.261 e. The molecule has 3 aromatic rings. The molecule has 1 saturated heterocycles. The first-order valence-corrected chi connectivity index (χ1v) is 12.3. The summed E-state index contributed by atoms with van der Waals surface area (Å²) >= 11 is 7.10. The Balaban J connectivity index is 1.57. The molecule has 1 aromatic carbocycles. The number of piperazine rings is 1. The summed E-state index contributed by atoms with van der Waals surface area (Å²) in [6, 6.07) is 14.1. The first-order chi connectivity index (χ1) is 16.8. The van der Waals surface area contributed by atoms with Crippen LogP contribution in [-0.2, 0) is 0 Å². The van der Waals surface area contributed by atoms with Gasteiger partial charge in [0.25, 0.3) is 11.5 Å². The van der Waals surface area contributed by atoms with Crippen LogP contribution in [0.1, 0.15) is 9.67 Å². The zero-order valence-corrected chi connectivity index (χ0v) is 20.9. The molecule has 35 heavy (non-hydrogen) atoms.